The van der Waals surface area contributed by atoms with Crippen molar-refractivity contribution in [3.8, 4) is 0 Å². The molecule has 0 bridgehead atoms. The zero-order valence-electron chi connectivity index (χ0n) is 6.80. The van der Waals surface area contributed by atoms with Gasteiger partial charge in [0.2, 0.25) is 0 Å². The summed E-state index contributed by atoms with van der Waals surface area (Å²) >= 11 is 8.88. The van der Waals surface area contributed by atoms with Gasteiger partial charge in [-0.1, -0.05) is 17.7 Å². The lowest BCUT2D eigenvalue weighted by Crippen LogP contribution is -1.75. The van der Waals surface area contributed by atoms with Gasteiger partial charge in [0.05, 0.1) is 0 Å². The molecule has 0 saturated carbocycles. The van der Waals surface area contributed by atoms with Gasteiger partial charge in [0.15, 0.2) is 0 Å². The number of hydrogen-bond donors (Lipinski definition) is 0. The Labute approximate surface area is 88.7 Å². The summed E-state index contributed by atoms with van der Waals surface area (Å²) in [7, 11) is 0. The van der Waals surface area contributed by atoms with Crippen LogP contribution in [-0.2, 0) is 0 Å². The monoisotopic (exact) mass is 232 g/mol. The number of rotatable bonds is 1. The highest BCUT2D eigenvalue weighted by atomic mass is 35.5. The Kier molecular flexibility index (Phi) is 2.49. The van der Waals surface area contributed by atoms with Crippen LogP contribution in [0.2, 0.25) is 4.34 Å². The summed E-state index contributed by atoms with van der Waals surface area (Å²) in [5.74, 6) is -0.190. The summed E-state index contributed by atoms with van der Waals surface area (Å²) in [6.07, 6.45) is 1.90. The first-order valence-corrected chi connectivity index (χ1v) is 6.06. The van der Waals surface area contributed by atoms with Gasteiger partial charge < -0.3 is 0 Å². The van der Waals surface area contributed by atoms with Crippen molar-refractivity contribution in [1.82, 2.24) is 0 Å². The first kappa shape index (κ1) is 9.31. The Morgan fingerprint density at radius 3 is 2.92 bits per heavy atom. The molecular formula is C9H6ClFS2. The molecule has 13 heavy (non-hydrogen) atoms. The van der Waals surface area contributed by atoms with Crippen LogP contribution in [0.5, 0.6) is 0 Å². The van der Waals surface area contributed by atoms with E-state index >= 15 is 0 Å². The molecule has 0 aliphatic heterocycles. The minimum absolute atomic E-state index is 0.190. The molecule has 0 aliphatic carbocycles. The number of thiophene rings is 1. The highest BCUT2D eigenvalue weighted by molar-refractivity contribution is 7.99. The Balaban J connectivity index is 2.88. The molecule has 0 unspecified atom stereocenters. The second kappa shape index (κ2) is 3.48. The summed E-state index contributed by atoms with van der Waals surface area (Å²) in [5, 5.41) is 0.657. The van der Waals surface area contributed by atoms with Gasteiger partial charge in [-0.15, -0.1) is 23.1 Å². The van der Waals surface area contributed by atoms with Gasteiger partial charge in [-0.2, -0.15) is 0 Å². The van der Waals surface area contributed by atoms with Crippen LogP contribution in [-0.4, -0.2) is 6.26 Å². The average molecular weight is 233 g/mol. The standard InChI is InChI=1S/C9H6ClFS2/c1-12-8-7-5(11)3-2-4-6(7)13-9(8)10/h2-4H,1H3. The van der Waals surface area contributed by atoms with E-state index in [1.807, 2.05) is 12.3 Å². The van der Waals surface area contributed by atoms with Crippen molar-refractivity contribution in [2.45, 2.75) is 4.90 Å². The molecule has 1 heterocycles. The zero-order chi connectivity index (χ0) is 9.42. The fourth-order valence-corrected chi connectivity index (χ4v) is 3.66. The molecule has 0 N–H and O–H groups in total. The molecule has 0 atom stereocenters. The fraction of sp³-hybridized carbons (Fsp3) is 0.111. The van der Waals surface area contributed by atoms with E-state index in [1.165, 1.54) is 29.2 Å². The van der Waals surface area contributed by atoms with E-state index in [2.05, 4.69) is 0 Å². The highest BCUT2D eigenvalue weighted by Gasteiger charge is 2.12. The minimum atomic E-state index is -0.190. The van der Waals surface area contributed by atoms with Crippen LogP contribution in [0.3, 0.4) is 0 Å². The van der Waals surface area contributed by atoms with Gasteiger partial charge in [0, 0.05) is 15.0 Å². The summed E-state index contributed by atoms with van der Waals surface area (Å²) in [5.41, 5.74) is 0. The molecule has 0 nitrogen and oxygen atoms in total. The van der Waals surface area contributed by atoms with Crippen molar-refractivity contribution in [3.05, 3.63) is 28.4 Å². The van der Waals surface area contributed by atoms with Crippen molar-refractivity contribution in [2.24, 2.45) is 0 Å². The smallest absolute Gasteiger partial charge is 0.133 e. The van der Waals surface area contributed by atoms with Gasteiger partial charge in [0.1, 0.15) is 10.2 Å². The lowest BCUT2D eigenvalue weighted by molar-refractivity contribution is 0.638. The maximum Gasteiger partial charge on any atom is 0.133 e. The molecule has 0 saturated heterocycles. The predicted octanol–water partition coefficient (Wildman–Crippen LogP) is 4.42. The van der Waals surface area contributed by atoms with E-state index in [4.69, 9.17) is 11.6 Å². The topological polar surface area (TPSA) is 0 Å². The van der Waals surface area contributed by atoms with E-state index in [0.29, 0.717) is 9.72 Å². The Bertz CT molecular complexity index is 450. The Morgan fingerprint density at radius 2 is 2.23 bits per heavy atom. The lowest BCUT2D eigenvalue weighted by Gasteiger charge is -1.95. The van der Waals surface area contributed by atoms with Crippen LogP contribution >= 0.6 is 34.7 Å². The normalized spacial score (nSPS) is 11.0. The van der Waals surface area contributed by atoms with Crippen LogP contribution in [0.4, 0.5) is 4.39 Å². The molecule has 2 rings (SSSR count). The molecule has 2 aromatic rings. The minimum Gasteiger partial charge on any atom is -0.206 e. The summed E-state index contributed by atoms with van der Waals surface area (Å²) in [4.78, 5) is 0.847. The molecule has 68 valence electrons. The molecule has 4 heteroatoms. The van der Waals surface area contributed by atoms with E-state index in [9.17, 15) is 4.39 Å². The first-order chi connectivity index (χ1) is 6.24. The predicted molar refractivity (Wildman–Crippen MR) is 58.6 cm³/mol. The van der Waals surface area contributed by atoms with Gasteiger partial charge in [-0.3, -0.25) is 0 Å². The highest BCUT2D eigenvalue weighted by Crippen LogP contribution is 2.41. The largest absolute Gasteiger partial charge is 0.206 e. The van der Waals surface area contributed by atoms with Crippen molar-refractivity contribution in [2.75, 3.05) is 6.26 Å². The average Bonchev–Trinajstić information content (AvgIpc) is 2.42. The third-order valence-corrected chi connectivity index (χ3v) is 4.21. The molecule has 0 aliphatic rings. The molecule has 0 amide bonds. The molecule has 0 spiro atoms. The molecule has 1 aromatic heterocycles. The second-order valence-corrected chi connectivity index (χ2v) is 4.99. The van der Waals surface area contributed by atoms with Crippen molar-refractivity contribution in [3.63, 3.8) is 0 Å². The Hall–Kier alpha value is -0.250. The fourth-order valence-electron chi connectivity index (χ4n) is 1.23. The van der Waals surface area contributed by atoms with Gasteiger partial charge in [0.25, 0.3) is 0 Å². The van der Waals surface area contributed by atoms with Crippen LogP contribution in [0, 0.1) is 5.82 Å². The van der Waals surface area contributed by atoms with E-state index < -0.39 is 0 Å². The number of fused-ring (bicyclic) bond motifs is 1. The van der Waals surface area contributed by atoms with Crippen molar-refractivity contribution in [1.29, 1.82) is 0 Å². The Morgan fingerprint density at radius 1 is 1.46 bits per heavy atom. The molecule has 0 fully saturated rings. The zero-order valence-corrected chi connectivity index (χ0v) is 9.19. The number of halogens is 2. The summed E-state index contributed by atoms with van der Waals surface area (Å²) in [6.45, 7) is 0. The van der Waals surface area contributed by atoms with E-state index in [1.54, 1.807) is 6.07 Å². The third-order valence-electron chi connectivity index (χ3n) is 1.78. The van der Waals surface area contributed by atoms with Crippen LogP contribution in [0.25, 0.3) is 10.1 Å². The lowest BCUT2D eigenvalue weighted by atomic mass is 10.2. The molecule has 1 aromatic carbocycles. The van der Waals surface area contributed by atoms with E-state index in [-0.39, 0.29) is 5.82 Å². The van der Waals surface area contributed by atoms with E-state index in [0.717, 1.165) is 9.60 Å². The van der Waals surface area contributed by atoms with Crippen LogP contribution in [0.15, 0.2) is 23.1 Å². The summed E-state index contributed by atoms with van der Waals surface area (Å²) < 4.78 is 15.0. The van der Waals surface area contributed by atoms with Crippen LogP contribution < -0.4 is 0 Å². The maximum absolute atomic E-state index is 13.4. The third kappa shape index (κ3) is 1.45. The number of thioether (sulfide) groups is 1. The van der Waals surface area contributed by atoms with Crippen LogP contribution in [0.1, 0.15) is 0 Å². The summed E-state index contributed by atoms with van der Waals surface area (Å²) in [6, 6.07) is 5.05. The van der Waals surface area contributed by atoms with Gasteiger partial charge in [-0.05, 0) is 18.4 Å². The quantitative estimate of drug-likeness (QED) is 0.656. The van der Waals surface area contributed by atoms with Crippen molar-refractivity contribution >= 4 is 44.8 Å². The molecule has 0 radical (unpaired) electrons. The second-order valence-electron chi connectivity index (χ2n) is 2.52. The SMILES string of the molecule is CSc1c(Cl)sc2cccc(F)c12. The number of hydrogen-bond acceptors (Lipinski definition) is 2. The van der Waals surface area contributed by atoms with Crippen molar-refractivity contribution < 1.29 is 4.39 Å². The molecular weight excluding hydrogens is 227 g/mol. The van der Waals surface area contributed by atoms with Gasteiger partial charge in [-0.25, -0.2) is 4.39 Å². The van der Waals surface area contributed by atoms with Gasteiger partial charge >= 0.3 is 0 Å². The maximum atomic E-state index is 13.4. The first-order valence-electron chi connectivity index (χ1n) is 3.64. The number of benzene rings is 1.